The Bertz CT molecular complexity index is 400. The first kappa shape index (κ1) is 14.4. The van der Waals surface area contributed by atoms with Crippen molar-refractivity contribution in [2.75, 3.05) is 18.0 Å². The van der Waals surface area contributed by atoms with E-state index in [1.807, 2.05) is 0 Å². The second-order valence-electron chi connectivity index (χ2n) is 6.00. The molecule has 2 rings (SSSR count). The average molecular weight is 260 g/mol. The van der Waals surface area contributed by atoms with Crippen LogP contribution in [0.3, 0.4) is 0 Å². The van der Waals surface area contributed by atoms with Crippen LogP contribution in [0, 0.1) is 5.92 Å². The van der Waals surface area contributed by atoms with Crippen molar-refractivity contribution in [3.05, 3.63) is 29.8 Å². The summed E-state index contributed by atoms with van der Waals surface area (Å²) in [5.74, 6) is 0.690. The topological polar surface area (TPSA) is 15.3 Å². The summed E-state index contributed by atoms with van der Waals surface area (Å²) in [5, 5.41) is 3.71. The lowest BCUT2D eigenvalue weighted by atomic mass is 9.97. The first-order chi connectivity index (χ1) is 9.15. The monoisotopic (exact) mass is 260 g/mol. The number of nitrogens with one attached hydrogen (secondary N) is 1. The highest BCUT2D eigenvalue weighted by Crippen LogP contribution is 2.24. The smallest absolute Gasteiger partial charge is 0.0412 e. The van der Waals surface area contributed by atoms with Gasteiger partial charge in [-0.15, -0.1) is 0 Å². The number of piperazine rings is 1. The molecule has 19 heavy (non-hydrogen) atoms. The van der Waals surface area contributed by atoms with Gasteiger partial charge in [-0.25, -0.2) is 0 Å². The molecule has 2 atom stereocenters. The maximum Gasteiger partial charge on any atom is 0.0412 e. The van der Waals surface area contributed by atoms with Gasteiger partial charge in [-0.3, -0.25) is 0 Å². The van der Waals surface area contributed by atoms with E-state index < -0.39 is 0 Å². The highest BCUT2D eigenvalue weighted by Gasteiger charge is 2.28. The van der Waals surface area contributed by atoms with E-state index in [1.54, 1.807) is 0 Å². The standard InChI is InChI=1S/C17H28N2/c1-5-14-8-7-9-16(10-14)19-12-17(13(3)4)18-11-15(19)6-2/h7-10,13,15,17-18H,5-6,11-12H2,1-4H3. The van der Waals surface area contributed by atoms with E-state index >= 15 is 0 Å². The van der Waals surface area contributed by atoms with Gasteiger partial charge in [0.1, 0.15) is 0 Å². The van der Waals surface area contributed by atoms with Crippen molar-refractivity contribution < 1.29 is 0 Å². The quantitative estimate of drug-likeness (QED) is 0.892. The Labute approximate surface area is 118 Å². The third-order valence-corrected chi connectivity index (χ3v) is 4.38. The van der Waals surface area contributed by atoms with Crippen molar-refractivity contribution in [2.45, 2.75) is 52.6 Å². The molecule has 0 radical (unpaired) electrons. The van der Waals surface area contributed by atoms with E-state index in [2.05, 4.69) is 62.2 Å². The maximum absolute atomic E-state index is 3.71. The largest absolute Gasteiger partial charge is 0.366 e. The van der Waals surface area contributed by atoms with E-state index in [4.69, 9.17) is 0 Å². The number of aryl methyl sites for hydroxylation is 1. The fraction of sp³-hybridized carbons (Fsp3) is 0.647. The first-order valence-corrected chi connectivity index (χ1v) is 7.74. The van der Waals surface area contributed by atoms with E-state index in [1.165, 1.54) is 17.7 Å². The van der Waals surface area contributed by atoms with Gasteiger partial charge in [0, 0.05) is 30.9 Å². The third kappa shape index (κ3) is 3.30. The molecule has 0 bridgehead atoms. The number of anilines is 1. The average Bonchev–Trinajstić information content (AvgIpc) is 2.46. The molecule has 0 spiro atoms. The number of benzene rings is 1. The van der Waals surface area contributed by atoms with Gasteiger partial charge in [0.05, 0.1) is 0 Å². The Morgan fingerprint density at radius 2 is 2.11 bits per heavy atom. The van der Waals surface area contributed by atoms with Gasteiger partial charge in [-0.2, -0.15) is 0 Å². The van der Waals surface area contributed by atoms with Gasteiger partial charge in [-0.05, 0) is 36.5 Å². The summed E-state index contributed by atoms with van der Waals surface area (Å²) in [4.78, 5) is 2.61. The molecule has 0 aliphatic carbocycles. The van der Waals surface area contributed by atoms with Crippen LogP contribution < -0.4 is 10.2 Å². The van der Waals surface area contributed by atoms with Crippen molar-refractivity contribution >= 4 is 5.69 Å². The van der Waals surface area contributed by atoms with Crippen molar-refractivity contribution in [3.8, 4) is 0 Å². The van der Waals surface area contributed by atoms with Crippen LogP contribution >= 0.6 is 0 Å². The minimum absolute atomic E-state index is 0.605. The van der Waals surface area contributed by atoms with Gasteiger partial charge < -0.3 is 10.2 Å². The Morgan fingerprint density at radius 1 is 1.32 bits per heavy atom. The Kier molecular flexibility index (Phi) is 4.87. The third-order valence-electron chi connectivity index (χ3n) is 4.38. The highest BCUT2D eigenvalue weighted by molar-refractivity contribution is 5.50. The molecule has 1 fully saturated rings. The fourth-order valence-electron chi connectivity index (χ4n) is 2.91. The number of rotatable bonds is 4. The summed E-state index contributed by atoms with van der Waals surface area (Å²) in [6, 6.07) is 10.3. The predicted molar refractivity (Wildman–Crippen MR) is 83.9 cm³/mol. The first-order valence-electron chi connectivity index (χ1n) is 7.74. The summed E-state index contributed by atoms with van der Waals surface area (Å²) in [6.07, 6.45) is 2.32. The molecule has 1 aliphatic rings. The lowest BCUT2D eigenvalue weighted by Gasteiger charge is -2.43. The van der Waals surface area contributed by atoms with Gasteiger partial charge in [-0.1, -0.05) is 39.8 Å². The molecule has 1 aliphatic heterocycles. The van der Waals surface area contributed by atoms with Crippen molar-refractivity contribution in [2.24, 2.45) is 5.92 Å². The summed E-state index contributed by atoms with van der Waals surface area (Å²) >= 11 is 0. The summed E-state index contributed by atoms with van der Waals surface area (Å²) < 4.78 is 0. The number of hydrogen-bond donors (Lipinski definition) is 1. The lowest BCUT2D eigenvalue weighted by Crippen LogP contribution is -2.58. The minimum atomic E-state index is 0.605. The number of hydrogen-bond acceptors (Lipinski definition) is 2. The molecule has 0 amide bonds. The molecular formula is C17H28N2. The molecule has 0 saturated carbocycles. The van der Waals surface area contributed by atoms with Crippen LogP contribution in [0.4, 0.5) is 5.69 Å². The molecule has 2 nitrogen and oxygen atoms in total. The van der Waals surface area contributed by atoms with E-state index in [-0.39, 0.29) is 0 Å². The van der Waals surface area contributed by atoms with Gasteiger partial charge in [0.15, 0.2) is 0 Å². The van der Waals surface area contributed by atoms with Crippen LogP contribution in [0.5, 0.6) is 0 Å². The van der Waals surface area contributed by atoms with Gasteiger partial charge >= 0.3 is 0 Å². The van der Waals surface area contributed by atoms with Crippen LogP contribution in [0.2, 0.25) is 0 Å². The zero-order valence-electron chi connectivity index (χ0n) is 12.8. The highest BCUT2D eigenvalue weighted by atomic mass is 15.2. The van der Waals surface area contributed by atoms with Crippen molar-refractivity contribution in [1.82, 2.24) is 5.32 Å². The zero-order valence-corrected chi connectivity index (χ0v) is 12.8. The molecule has 106 valence electrons. The van der Waals surface area contributed by atoms with Crippen LogP contribution in [0.25, 0.3) is 0 Å². The Balaban J connectivity index is 2.21. The van der Waals surface area contributed by atoms with Gasteiger partial charge in [0.2, 0.25) is 0 Å². The molecule has 1 aromatic carbocycles. The summed E-state index contributed by atoms with van der Waals surface area (Å²) in [7, 11) is 0. The maximum atomic E-state index is 3.71. The molecule has 1 saturated heterocycles. The molecular weight excluding hydrogens is 232 g/mol. The SMILES string of the molecule is CCc1cccc(N2CC(C(C)C)NCC2CC)c1. The van der Waals surface area contributed by atoms with E-state index in [0.717, 1.165) is 19.5 Å². The van der Waals surface area contributed by atoms with E-state index in [9.17, 15) is 0 Å². The second-order valence-corrected chi connectivity index (χ2v) is 6.00. The summed E-state index contributed by atoms with van der Waals surface area (Å²) in [5.41, 5.74) is 2.84. The minimum Gasteiger partial charge on any atom is -0.366 e. The van der Waals surface area contributed by atoms with Crippen molar-refractivity contribution in [3.63, 3.8) is 0 Å². The normalized spacial score (nSPS) is 23.9. The van der Waals surface area contributed by atoms with E-state index in [0.29, 0.717) is 18.0 Å². The molecule has 2 unspecified atom stereocenters. The Hall–Kier alpha value is -1.02. The predicted octanol–water partition coefficient (Wildman–Crippen LogP) is 3.46. The molecule has 0 aromatic heterocycles. The van der Waals surface area contributed by atoms with Crippen LogP contribution in [-0.2, 0) is 6.42 Å². The van der Waals surface area contributed by atoms with Crippen molar-refractivity contribution in [1.29, 1.82) is 0 Å². The lowest BCUT2D eigenvalue weighted by molar-refractivity contribution is 0.325. The van der Waals surface area contributed by atoms with Crippen LogP contribution in [-0.4, -0.2) is 25.2 Å². The van der Waals surface area contributed by atoms with Crippen LogP contribution in [0.15, 0.2) is 24.3 Å². The second kappa shape index (κ2) is 6.42. The summed E-state index contributed by atoms with van der Waals surface area (Å²) in [6.45, 7) is 11.4. The fourth-order valence-corrected chi connectivity index (χ4v) is 2.91. The molecule has 2 heteroatoms. The number of nitrogens with zero attached hydrogens (tertiary/aromatic N) is 1. The molecule has 1 N–H and O–H groups in total. The Morgan fingerprint density at radius 3 is 2.74 bits per heavy atom. The zero-order chi connectivity index (χ0) is 13.8. The van der Waals surface area contributed by atoms with Gasteiger partial charge in [0.25, 0.3) is 0 Å². The molecule has 1 aromatic rings. The molecule has 1 heterocycles. The van der Waals surface area contributed by atoms with Crippen LogP contribution in [0.1, 0.15) is 39.7 Å².